The number of nitriles is 1. The van der Waals surface area contributed by atoms with Crippen LogP contribution in [0.1, 0.15) is 26.5 Å². The molecular formula is C13H21N5. The van der Waals surface area contributed by atoms with Gasteiger partial charge in [-0.15, -0.1) is 0 Å². The van der Waals surface area contributed by atoms with Crippen molar-refractivity contribution in [3.8, 4) is 6.07 Å². The van der Waals surface area contributed by atoms with Crippen LogP contribution in [0.5, 0.6) is 0 Å². The maximum Gasteiger partial charge on any atom is 0.144 e. The third kappa shape index (κ3) is 4.68. The molecule has 1 atom stereocenters. The lowest BCUT2D eigenvalue weighted by Gasteiger charge is -2.20. The number of nitrogens with zero attached hydrogens (tertiary/aromatic N) is 4. The van der Waals surface area contributed by atoms with Gasteiger partial charge in [0.05, 0.1) is 30.1 Å². The molecule has 0 saturated carbocycles. The average molecular weight is 247 g/mol. The molecule has 1 aromatic heterocycles. The summed E-state index contributed by atoms with van der Waals surface area (Å²) in [6.45, 7) is 9.30. The molecule has 98 valence electrons. The summed E-state index contributed by atoms with van der Waals surface area (Å²) < 4.78 is 0. The standard InChI is InChI=1S/C13H21N5/c1-4-15-13-8-16-12(7-17-13)10-18(5-2)9-11(3)6-14/h7-8,11H,4-5,9-10H2,1-3H3,(H,15,17). The Bertz CT molecular complexity index is 381. The van der Waals surface area contributed by atoms with E-state index in [0.29, 0.717) is 0 Å². The molecule has 0 aliphatic rings. The van der Waals surface area contributed by atoms with Crippen molar-refractivity contribution in [3.05, 3.63) is 18.1 Å². The zero-order valence-electron chi connectivity index (χ0n) is 11.3. The Morgan fingerprint density at radius 1 is 1.39 bits per heavy atom. The summed E-state index contributed by atoms with van der Waals surface area (Å²) in [5.41, 5.74) is 0.934. The Morgan fingerprint density at radius 3 is 2.67 bits per heavy atom. The van der Waals surface area contributed by atoms with Crippen molar-refractivity contribution in [2.75, 3.05) is 25.0 Å². The molecule has 0 radical (unpaired) electrons. The van der Waals surface area contributed by atoms with Crippen molar-refractivity contribution < 1.29 is 0 Å². The van der Waals surface area contributed by atoms with E-state index in [1.807, 2.05) is 13.8 Å². The van der Waals surface area contributed by atoms with Crippen LogP contribution in [0.25, 0.3) is 0 Å². The summed E-state index contributed by atoms with van der Waals surface area (Å²) in [6, 6.07) is 2.25. The Morgan fingerprint density at radius 2 is 2.17 bits per heavy atom. The maximum absolute atomic E-state index is 8.83. The maximum atomic E-state index is 8.83. The lowest BCUT2D eigenvalue weighted by molar-refractivity contribution is 0.257. The van der Waals surface area contributed by atoms with Crippen molar-refractivity contribution in [1.29, 1.82) is 5.26 Å². The van der Waals surface area contributed by atoms with Crippen LogP contribution in [-0.2, 0) is 6.54 Å². The predicted molar refractivity (Wildman–Crippen MR) is 71.9 cm³/mol. The number of nitrogens with one attached hydrogen (secondary N) is 1. The fourth-order valence-corrected chi connectivity index (χ4v) is 1.67. The second-order valence-corrected chi connectivity index (χ2v) is 4.28. The van der Waals surface area contributed by atoms with Gasteiger partial charge in [0.25, 0.3) is 0 Å². The van der Waals surface area contributed by atoms with E-state index in [4.69, 9.17) is 5.26 Å². The van der Waals surface area contributed by atoms with Crippen LogP contribution in [0.3, 0.4) is 0 Å². The summed E-state index contributed by atoms with van der Waals surface area (Å²) in [5, 5.41) is 11.9. The van der Waals surface area contributed by atoms with Gasteiger partial charge in [-0.05, 0) is 20.4 Å². The lowest BCUT2D eigenvalue weighted by atomic mass is 10.2. The van der Waals surface area contributed by atoms with Crippen LogP contribution >= 0.6 is 0 Å². The van der Waals surface area contributed by atoms with E-state index in [1.165, 1.54) is 0 Å². The van der Waals surface area contributed by atoms with E-state index in [9.17, 15) is 0 Å². The first kappa shape index (κ1) is 14.4. The molecule has 1 rings (SSSR count). The molecular weight excluding hydrogens is 226 g/mol. The molecule has 0 bridgehead atoms. The summed E-state index contributed by atoms with van der Waals surface area (Å²) in [5.74, 6) is 0.841. The quantitative estimate of drug-likeness (QED) is 0.797. The summed E-state index contributed by atoms with van der Waals surface area (Å²) in [7, 11) is 0. The van der Waals surface area contributed by atoms with E-state index >= 15 is 0 Å². The van der Waals surface area contributed by atoms with Crippen LogP contribution in [0, 0.1) is 17.2 Å². The molecule has 0 fully saturated rings. The van der Waals surface area contributed by atoms with Gasteiger partial charge in [0.1, 0.15) is 5.82 Å². The molecule has 0 amide bonds. The Hall–Kier alpha value is -1.67. The SMILES string of the molecule is CCNc1cnc(CN(CC)CC(C)C#N)cn1. The Balaban J connectivity index is 2.56. The first-order chi connectivity index (χ1) is 8.69. The molecule has 0 spiro atoms. The van der Waals surface area contributed by atoms with E-state index < -0.39 is 0 Å². The summed E-state index contributed by atoms with van der Waals surface area (Å²) in [4.78, 5) is 10.9. The highest BCUT2D eigenvalue weighted by Crippen LogP contribution is 2.06. The molecule has 1 N–H and O–H groups in total. The van der Waals surface area contributed by atoms with Crippen molar-refractivity contribution in [1.82, 2.24) is 14.9 Å². The Kier molecular flexibility index (Phi) is 6.09. The molecule has 0 saturated heterocycles. The van der Waals surface area contributed by atoms with Gasteiger partial charge in [-0.2, -0.15) is 5.26 Å². The van der Waals surface area contributed by atoms with E-state index in [0.717, 1.165) is 37.7 Å². The molecule has 18 heavy (non-hydrogen) atoms. The molecule has 1 unspecified atom stereocenters. The monoisotopic (exact) mass is 247 g/mol. The molecule has 1 aromatic rings. The highest BCUT2D eigenvalue weighted by atomic mass is 15.1. The zero-order valence-corrected chi connectivity index (χ0v) is 11.3. The fourth-order valence-electron chi connectivity index (χ4n) is 1.67. The first-order valence-corrected chi connectivity index (χ1v) is 6.36. The van der Waals surface area contributed by atoms with E-state index in [2.05, 4.69) is 33.2 Å². The highest BCUT2D eigenvalue weighted by molar-refractivity contribution is 5.30. The second-order valence-electron chi connectivity index (χ2n) is 4.28. The smallest absolute Gasteiger partial charge is 0.144 e. The summed E-state index contributed by atoms with van der Waals surface area (Å²) >= 11 is 0. The third-order valence-electron chi connectivity index (χ3n) is 2.65. The van der Waals surface area contributed by atoms with Crippen LogP contribution in [0.15, 0.2) is 12.4 Å². The number of hydrogen-bond donors (Lipinski definition) is 1. The molecule has 0 aliphatic heterocycles. The molecule has 0 aliphatic carbocycles. The normalized spacial score (nSPS) is 12.2. The topological polar surface area (TPSA) is 64.8 Å². The molecule has 5 heteroatoms. The van der Waals surface area contributed by atoms with Crippen LogP contribution < -0.4 is 5.32 Å². The van der Waals surface area contributed by atoms with Crippen LogP contribution in [-0.4, -0.2) is 34.5 Å². The van der Waals surface area contributed by atoms with Gasteiger partial charge in [-0.1, -0.05) is 6.92 Å². The van der Waals surface area contributed by atoms with Gasteiger partial charge >= 0.3 is 0 Å². The van der Waals surface area contributed by atoms with Crippen LogP contribution in [0.4, 0.5) is 5.82 Å². The first-order valence-electron chi connectivity index (χ1n) is 6.36. The van der Waals surface area contributed by atoms with Gasteiger partial charge in [-0.25, -0.2) is 4.98 Å². The largest absolute Gasteiger partial charge is 0.369 e. The molecule has 0 aromatic carbocycles. The van der Waals surface area contributed by atoms with Gasteiger partial charge in [-0.3, -0.25) is 9.88 Å². The van der Waals surface area contributed by atoms with Gasteiger partial charge in [0, 0.05) is 19.6 Å². The lowest BCUT2D eigenvalue weighted by Crippen LogP contribution is -2.28. The minimum Gasteiger partial charge on any atom is -0.369 e. The average Bonchev–Trinajstić information content (AvgIpc) is 2.40. The number of rotatable bonds is 7. The molecule has 1 heterocycles. The van der Waals surface area contributed by atoms with Gasteiger partial charge < -0.3 is 5.32 Å². The predicted octanol–water partition coefficient (Wildman–Crippen LogP) is 1.89. The highest BCUT2D eigenvalue weighted by Gasteiger charge is 2.09. The van der Waals surface area contributed by atoms with E-state index in [-0.39, 0.29) is 5.92 Å². The van der Waals surface area contributed by atoms with Crippen molar-refractivity contribution in [2.45, 2.75) is 27.3 Å². The minimum atomic E-state index is 0.0407. The van der Waals surface area contributed by atoms with Crippen LogP contribution in [0.2, 0.25) is 0 Å². The minimum absolute atomic E-state index is 0.0407. The number of aromatic nitrogens is 2. The van der Waals surface area contributed by atoms with Crippen molar-refractivity contribution in [2.24, 2.45) is 5.92 Å². The summed E-state index contributed by atoms with van der Waals surface area (Å²) in [6.07, 6.45) is 3.54. The van der Waals surface area contributed by atoms with Crippen molar-refractivity contribution >= 4 is 5.82 Å². The number of anilines is 1. The van der Waals surface area contributed by atoms with E-state index in [1.54, 1.807) is 12.4 Å². The van der Waals surface area contributed by atoms with Crippen molar-refractivity contribution in [3.63, 3.8) is 0 Å². The zero-order chi connectivity index (χ0) is 13.4. The number of hydrogen-bond acceptors (Lipinski definition) is 5. The fraction of sp³-hybridized carbons (Fsp3) is 0.615. The van der Waals surface area contributed by atoms with Gasteiger partial charge in [0.15, 0.2) is 0 Å². The second kappa shape index (κ2) is 7.62. The Labute approximate surface area is 109 Å². The van der Waals surface area contributed by atoms with Gasteiger partial charge in [0.2, 0.25) is 0 Å². The molecule has 5 nitrogen and oxygen atoms in total. The third-order valence-corrected chi connectivity index (χ3v) is 2.65.